The Morgan fingerprint density at radius 1 is 1.19 bits per heavy atom. The van der Waals surface area contributed by atoms with Gasteiger partial charge < -0.3 is 19.5 Å². The molecule has 0 aromatic rings. The molecule has 5 atom stereocenters. The standard InChI is InChI=1S/C17H34NO8P/c1-11-15(14(19)13(25-11)10-24-27(20,21)23-7)26-18-16(2,3)8-12(22-6)9-17(18,4)5/h11-15,19H,8-10H2,1-7H3,(H,20,21). The molecule has 0 aliphatic carbocycles. The molecule has 2 aliphatic rings. The topological polar surface area (TPSA) is 107 Å². The summed E-state index contributed by atoms with van der Waals surface area (Å²) in [6.45, 7) is 9.83. The van der Waals surface area contributed by atoms with E-state index in [4.69, 9.17) is 18.8 Å². The van der Waals surface area contributed by atoms with Gasteiger partial charge in [-0.15, -0.1) is 0 Å². The fraction of sp³-hybridized carbons (Fsp3) is 1.00. The first-order valence-corrected chi connectivity index (χ1v) is 10.7. The molecular weight excluding hydrogens is 377 g/mol. The number of aliphatic hydroxyl groups is 1. The summed E-state index contributed by atoms with van der Waals surface area (Å²) in [5.74, 6) is 0. The first-order valence-electron chi connectivity index (χ1n) is 9.19. The van der Waals surface area contributed by atoms with Crippen LogP contribution >= 0.6 is 7.82 Å². The number of aliphatic hydroxyl groups excluding tert-OH is 1. The Bertz CT molecular complexity index is 539. The van der Waals surface area contributed by atoms with Crippen LogP contribution in [0.4, 0.5) is 0 Å². The minimum Gasteiger partial charge on any atom is -0.387 e. The first-order chi connectivity index (χ1) is 12.3. The van der Waals surface area contributed by atoms with Crippen molar-refractivity contribution < 1.29 is 37.9 Å². The summed E-state index contributed by atoms with van der Waals surface area (Å²) < 4.78 is 32.0. The van der Waals surface area contributed by atoms with Gasteiger partial charge in [-0.1, -0.05) is 0 Å². The second-order valence-electron chi connectivity index (χ2n) is 8.57. The molecule has 2 fully saturated rings. The molecule has 10 heteroatoms. The molecule has 9 nitrogen and oxygen atoms in total. The van der Waals surface area contributed by atoms with Crippen molar-refractivity contribution in [1.29, 1.82) is 0 Å². The maximum atomic E-state index is 11.5. The predicted octanol–water partition coefficient (Wildman–Crippen LogP) is 1.87. The van der Waals surface area contributed by atoms with Crippen LogP contribution in [0.2, 0.25) is 0 Å². The Balaban J connectivity index is 2.08. The summed E-state index contributed by atoms with van der Waals surface area (Å²) >= 11 is 0. The lowest BCUT2D eigenvalue weighted by atomic mass is 9.80. The Morgan fingerprint density at radius 2 is 1.74 bits per heavy atom. The monoisotopic (exact) mass is 411 g/mol. The van der Waals surface area contributed by atoms with Crippen LogP contribution in [-0.4, -0.2) is 77.5 Å². The SMILES string of the molecule is COC1CC(C)(C)N(OC2C(C)OC(COP(=O)(O)OC)C2O)C(C)(C)C1. The second-order valence-corrected chi connectivity index (χ2v) is 10.1. The summed E-state index contributed by atoms with van der Waals surface area (Å²) in [6.07, 6.45) is -1.13. The molecule has 0 amide bonds. The molecular formula is C17H34NO8P. The third kappa shape index (κ3) is 5.29. The fourth-order valence-electron chi connectivity index (χ4n) is 4.17. The lowest BCUT2D eigenvalue weighted by molar-refractivity contribution is -0.326. The summed E-state index contributed by atoms with van der Waals surface area (Å²) in [4.78, 5) is 15.6. The maximum absolute atomic E-state index is 11.5. The summed E-state index contributed by atoms with van der Waals surface area (Å²) in [5, 5.41) is 12.6. The zero-order valence-electron chi connectivity index (χ0n) is 17.2. The minimum atomic E-state index is -4.14. The molecule has 0 aromatic heterocycles. The van der Waals surface area contributed by atoms with Crippen LogP contribution in [0, 0.1) is 0 Å². The van der Waals surface area contributed by atoms with Crippen molar-refractivity contribution in [2.45, 2.75) is 89.1 Å². The average molecular weight is 411 g/mol. The van der Waals surface area contributed by atoms with Gasteiger partial charge in [0.1, 0.15) is 18.3 Å². The van der Waals surface area contributed by atoms with E-state index in [1.165, 1.54) is 0 Å². The molecule has 2 heterocycles. The van der Waals surface area contributed by atoms with Gasteiger partial charge in [0.05, 0.1) is 18.8 Å². The van der Waals surface area contributed by atoms with Crippen molar-refractivity contribution >= 4 is 7.82 Å². The zero-order valence-corrected chi connectivity index (χ0v) is 18.1. The summed E-state index contributed by atoms with van der Waals surface area (Å²) in [7, 11) is -1.34. The van der Waals surface area contributed by atoms with Crippen LogP contribution in [0.1, 0.15) is 47.5 Å². The summed E-state index contributed by atoms with van der Waals surface area (Å²) in [6, 6.07) is 0. The van der Waals surface area contributed by atoms with Gasteiger partial charge in [-0.25, -0.2) is 4.57 Å². The van der Waals surface area contributed by atoms with Gasteiger partial charge in [-0.3, -0.25) is 13.9 Å². The fourth-order valence-corrected chi connectivity index (χ4v) is 4.62. The van der Waals surface area contributed by atoms with Crippen LogP contribution in [0.5, 0.6) is 0 Å². The number of piperidine rings is 1. The number of nitrogens with zero attached hydrogens (tertiary/aromatic N) is 1. The highest BCUT2D eigenvalue weighted by Crippen LogP contribution is 2.44. The molecule has 160 valence electrons. The Hall–Kier alpha value is -0.0900. The molecule has 2 rings (SSSR count). The number of ether oxygens (including phenoxy) is 2. The van der Waals surface area contributed by atoms with Gasteiger partial charge in [0, 0.05) is 25.3 Å². The van der Waals surface area contributed by atoms with Crippen molar-refractivity contribution in [1.82, 2.24) is 5.06 Å². The molecule has 2 saturated heterocycles. The van der Waals surface area contributed by atoms with Crippen molar-refractivity contribution in [2.24, 2.45) is 0 Å². The van der Waals surface area contributed by atoms with E-state index < -0.39 is 32.2 Å². The lowest BCUT2D eigenvalue weighted by Crippen LogP contribution is -2.63. The first kappa shape index (κ1) is 23.2. The number of hydrogen-bond donors (Lipinski definition) is 2. The van der Waals surface area contributed by atoms with Crippen LogP contribution in [-0.2, 0) is 27.9 Å². The van der Waals surface area contributed by atoms with E-state index in [2.05, 4.69) is 32.2 Å². The highest BCUT2D eigenvalue weighted by atomic mass is 31.2. The van der Waals surface area contributed by atoms with E-state index in [1.54, 1.807) is 14.0 Å². The third-order valence-electron chi connectivity index (χ3n) is 5.32. The van der Waals surface area contributed by atoms with E-state index in [9.17, 15) is 14.6 Å². The van der Waals surface area contributed by atoms with Crippen molar-refractivity contribution in [2.75, 3.05) is 20.8 Å². The molecule has 0 aromatic carbocycles. The van der Waals surface area contributed by atoms with Crippen molar-refractivity contribution in [3.05, 3.63) is 0 Å². The molecule has 2 N–H and O–H groups in total. The van der Waals surface area contributed by atoms with E-state index in [1.807, 2.05) is 5.06 Å². The van der Waals surface area contributed by atoms with E-state index in [-0.39, 0.29) is 23.8 Å². The highest BCUT2D eigenvalue weighted by molar-refractivity contribution is 7.47. The van der Waals surface area contributed by atoms with Gasteiger partial charge in [0.25, 0.3) is 0 Å². The molecule has 2 aliphatic heterocycles. The maximum Gasteiger partial charge on any atom is 0.472 e. The molecule has 5 unspecified atom stereocenters. The van der Waals surface area contributed by atoms with Gasteiger partial charge in [-0.2, -0.15) is 5.06 Å². The van der Waals surface area contributed by atoms with E-state index >= 15 is 0 Å². The number of phosphoric acid groups is 1. The summed E-state index contributed by atoms with van der Waals surface area (Å²) in [5.41, 5.74) is -0.624. The quantitative estimate of drug-likeness (QED) is 0.607. The zero-order chi connectivity index (χ0) is 20.6. The van der Waals surface area contributed by atoms with Gasteiger partial charge >= 0.3 is 7.82 Å². The highest BCUT2D eigenvalue weighted by Gasteiger charge is 2.51. The Kier molecular flexibility index (Phi) is 7.16. The average Bonchev–Trinajstić information content (AvgIpc) is 2.82. The number of methoxy groups -OCH3 is 1. The molecule has 0 saturated carbocycles. The van der Waals surface area contributed by atoms with Crippen LogP contribution in [0.25, 0.3) is 0 Å². The minimum absolute atomic E-state index is 0.130. The Morgan fingerprint density at radius 3 is 2.22 bits per heavy atom. The van der Waals surface area contributed by atoms with E-state index in [0.717, 1.165) is 20.0 Å². The number of phosphoric ester groups is 1. The van der Waals surface area contributed by atoms with Crippen LogP contribution in [0.15, 0.2) is 0 Å². The molecule has 0 bridgehead atoms. The van der Waals surface area contributed by atoms with E-state index in [0.29, 0.717) is 0 Å². The van der Waals surface area contributed by atoms with Crippen molar-refractivity contribution in [3.8, 4) is 0 Å². The molecule has 0 radical (unpaired) electrons. The van der Waals surface area contributed by atoms with Gasteiger partial charge in [0.2, 0.25) is 0 Å². The smallest absolute Gasteiger partial charge is 0.387 e. The largest absolute Gasteiger partial charge is 0.472 e. The van der Waals surface area contributed by atoms with Crippen LogP contribution < -0.4 is 0 Å². The lowest BCUT2D eigenvalue weighted by Gasteiger charge is -2.54. The number of hydroxylamine groups is 2. The molecule has 0 spiro atoms. The Labute approximate surface area is 161 Å². The normalized spacial score (nSPS) is 36.6. The third-order valence-corrected chi connectivity index (χ3v) is 6.25. The second kappa shape index (κ2) is 8.34. The van der Waals surface area contributed by atoms with Crippen LogP contribution in [0.3, 0.4) is 0 Å². The number of hydrogen-bond acceptors (Lipinski definition) is 8. The number of rotatable bonds is 7. The predicted molar refractivity (Wildman–Crippen MR) is 98.0 cm³/mol. The molecule has 27 heavy (non-hydrogen) atoms. The van der Waals surface area contributed by atoms with Gasteiger partial charge in [-0.05, 0) is 47.5 Å². The van der Waals surface area contributed by atoms with Crippen molar-refractivity contribution in [3.63, 3.8) is 0 Å². The van der Waals surface area contributed by atoms with Gasteiger partial charge in [0.15, 0.2) is 0 Å².